The number of para-hydroxylation sites is 2. The molecule has 24 heavy (non-hydrogen) atoms. The van der Waals surface area contributed by atoms with E-state index in [1.54, 1.807) is 0 Å². The van der Waals surface area contributed by atoms with Crippen molar-refractivity contribution in [2.24, 2.45) is 0 Å². The Bertz CT molecular complexity index is 768. The summed E-state index contributed by atoms with van der Waals surface area (Å²) >= 11 is 3.77. The zero-order chi connectivity index (χ0) is 15.9. The van der Waals surface area contributed by atoms with Crippen LogP contribution in [0.3, 0.4) is 0 Å². The zero-order valence-electron chi connectivity index (χ0n) is 12.9. The Balaban J connectivity index is 1.34. The topological polar surface area (TPSA) is 24.1 Å². The van der Waals surface area contributed by atoms with Crippen LogP contribution < -0.4 is 10.6 Å². The number of fused-ring (bicyclic) bond motifs is 2. The average Bonchev–Trinajstić information content (AvgIpc) is 3.25. The summed E-state index contributed by atoms with van der Waals surface area (Å²) in [5, 5.41) is 7.80. The minimum absolute atomic E-state index is 0.304. The number of hydrogen-bond acceptors (Lipinski definition) is 4. The number of rotatable bonds is 2. The highest BCUT2D eigenvalue weighted by Crippen LogP contribution is 2.48. The van der Waals surface area contributed by atoms with Crippen LogP contribution in [0.1, 0.15) is 21.9 Å². The number of hydrogen-bond donors (Lipinski definition) is 2. The molecule has 3 aromatic rings. The van der Waals surface area contributed by atoms with Gasteiger partial charge in [0.25, 0.3) is 0 Å². The van der Waals surface area contributed by atoms with Gasteiger partial charge < -0.3 is 10.6 Å². The molecule has 0 bridgehead atoms. The van der Waals surface area contributed by atoms with Crippen molar-refractivity contribution < 1.29 is 0 Å². The summed E-state index contributed by atoms with van der Waals surface area (Å²) in [7, 11) is 0. The lowest BCUT2D eigenvalue weighted by atomic mass is 10.1. The van der Waals surface area contributed by atoms with Gasteiger partial charge in [0.2, 0.25) is 0 Å². The fourth-order valence-corrected chi connectivity index (χ4v) is 5.41. The van der Waals surface area contributed by atoms with Gasteiger partial charge in [-0.1, -0.05) is 72.1 Å². The molecule has 2 heterocycles. The fourth-order valence-electron chi connectivity index (χ4n) is 3.12. The Morgan fingerprint density at radius 1 is 0.542 bits per heavy atom. The molecule has 2 unspecified atom stereocenters. The van der Waals surface area contributed by atoms with Gasteiger partial charge in [-0.3, -0.25) is 0 Å². The third kappa shape index (κ3) is 2.46. The van der Waals surface area contributed by atoms with Gasteiger partial charge >= 0.3 is 0 Å². The highest BCUT2D eigenvalue weighted by atomic mass is 32.2. The number of thioether (sulfide) groups is 2. The third-order valence-electron chi connectivity index (χ3n) is 4.38. The highest BCUT2D eigenvalue weighted by molar-refractivity contribution is 8.00. The molecule has 5 rings (SSSR count). The van der Waals surface area contributed by atoms with Gasteiger partial charge in [-0.2, -0.15) is 0 Å². The molecule has 2 aliphatic rings. The van der Waals surface area contributed by atoms with E-state index in [1.807, 2.05) is 23.5 Å². The van der Waals surface area contributed by atoms with Crippen LogP contribution in [0, 0.1) is 0 Å². The lowest BCUT2D eigenvalue weighted by molar-refractivity contribution is 1.10. The van der Waals surface area contributed by atoms with Crippen molar-refractivity contribution in [1.29, 1.82) is 0 Å². The van der Waals surface area contributed by atoms with Gasteiger partial charge in [0.1, 0.15) is 10.7 Å². The summed E-state index contributed by atoms with van der Waals surface area (Å²) in [5.74, 6) is 0. The maximum absolute atomic E-state index is 3.60. The fraction of sp³-hybridized carbons (Fsp3) is 0.100. The molecule has 0 aliphatic carbocycles. The minimum atomic E-state index is 0.304. The molecule has 2 nitrogen and oxygen atoms in total. The minimum Gasteiger partial charge on any atom is -0.368 e. The van der Waals surface area contributed by atoms with Gasteiger partial charge in [-0.25, -0.2) is 0 Å². The van der Waals surface area contributed by atoms with Crippen LogP contribution in [0.4, 0.5) is 11.4 Å². The average molecular weight is 348 g/mol. The van der Waals surface area contributed by atoms with Crippen molar-refractivity contribution in [2.75, 3.05) is 10.6 Å². The number of nitrogens with one attached hydrogen (secondary N) is 2. The van der Waals surface area contributed by atoms with Crippen LogP contribution in [0.15, 0.2) is 82.6 Å². The second kappa shape index (κ2) is 5.80. The van der Waals surface area contributed by atoms with Gasteiger partial charge in [0.05, 0.1) is 0 Å². The predicted molar refractivity (Wildman–Crippen MR) is 104 cm³/mol. The summed E-state index contributed by atoms with van der Waals surface area (Å²) in [6.45, 7) is 0. The van der Waals surface area contributed by atoms with Gasteiger partial charge in [-0.05, 0) is 35.4 Å². The Labute approximate surface area is 150 Å². The number of benzene rings is 3. The van der Waals surface area contributed by atoms with Crippen molar-refractivity contribution in [3.05, 3.63) is 83.9 Å². The molecule has 2 N–H and O–H groups in total. The quantitative estimate of drug-likeness (QED) is 0.582. The molecule has 0 spiro atoms. The molecular weight excluding hydrogens is 332 g/mol. The first-order chi connectivity index (χ1) is 11.9. The first-order valence-electron chi connectivity index (χ1n) is 8.01. The second-order valence-corrected chi connectivity index (χ2v) is 8.24. The largest absolute Gasteiger partial charge is 0.368 e. The van der Waals surface area contributed by atoms with Crippen molar-refractivity contribution in [2.45, 2.75) is 20.5 Å². The lowest BCUT2D eigenvalue weighted by Gasteiger charge is -2.14. The standard InChI is InChI=1S/C20H16N2S2/c1-3-7-17-15(5-1)21-19(23-17)13-9-11-14(12-10-13)20-22-16-6-2-4-8-18(16)24-20/h1-12,19-22H. The Hall–Kier alpha value is -2.04. The molecule has 3 aromatic carbocycles. The van der Waals surface area contributed by atoms with E-state index >= 15 is 0 Å². The first kappa shape index (κ1) is 14.3. The van der Waals surface area contributed by atoms with Crippen LogP contribution in [-0.2, 0) is 0 Å². The summed E-state index contributed by atoms with van der Waals surface area (Å²) < 4.78 is 0. The normalized spacial score (nSPS) is 20.8. The van der Waals surface area contributed by atoms with Gasteiger partial charge in [0, 0.05) is 21.2 Å². The van der Waals surface area contributed by atoms with Gasteiger partial charge in [-0.15, -0.1) is 0 Å². The molecule has 2 aliphatic heterocycles. The molecule has 0 saturated heterocycles. The van der Waals surface area contributed by atoms with Crippen LogP contribution in [-0.4, -0.2) is 0 Å². The molecular formula is C20H16N2S2. The maximum atomic E-state index is 3.60. The molecule has 2 atom stereocenters. The van der Waals surface area contributed by atoms with Crippen molar-refractivity contribution in [1.82, 2.24) is 0 Å². The molecule has 0 amide bonds. The van der Waals surface area contributed by atoms with E-state index in [0.717, 1.165) is 0 Å². The van der Waals surface area contributed by atoms with E-state index < -0.39 is 0 Å². The summed E-state index contributed by atoms with van der Waals surface area (Å²) in [6.07, 6.45) is 0. The molecule has 118 valence electrons. The maximum Gasteiger partial charge on any atom is 0.103 e. The monoisotopic (exact) mass is 348 g/mol. The lowest BCUT2D eigenvalue weighted by Crippen LogP contribution is -2.04. The van der Waals surface area contributed by atoms with Crippen LogP contribution in [0.2, 0.25) is 0 Å². The van der Waals surface area contributed by atoms with Crippen LogP contribution >= 0.6 is 23.5 Å². The van der Waals surface area contributed by atoms with Crippen LogP contribution in [0.25, 0.3) is 0 Å². The predicted octanol–water partition coefficient (Wildman–Crippen LogP) is 6.12. The molecule has 0 radical (unpaired) electrons. The number of anilines is 2. The summed E-state index contributed by atoms with van der Waals surface area (Å²) in [5.41, 5.74) is 5.11. The molecule has 0 saturated carbocycles. The van der Waals surface area contributed by atoms with Crippen LogP contribution in [0.5, 0.6) is 0 Å². The van der Waals surface area contributed by atoms with E-state index in [-0.39, 0.29) is 0 Å². The smallest absolute Gasteiger partial charge is 0.103 e. The van der Waals surface area contributed by atoms with E-state index in [4.69, 9.17) is 0 Å². The SMILES string of the molecule is c1ccc2c(c1)NC(c1ccc(C3Nc4ccccc4S3)cc1)S2. The van der Waals surface area contributed by atoms with E-state index in [1.165, 1.54) is 32.3 Å². The Morgan fingerprint density at radius 2 is 0.958 bits per heavy atom. The Kier molecular flexibility index (Phi) is 3.46. The molecule has 0 aromatic heterocycles. The van der Waals surface area contributed by atoms with Crippen molar-refractivity contribution >= 4 is 34.9 Å². The van der Waals surface area contributed by atoms with Gasteiger partial charge in [0.15, 0.2) is 0 Å². The summed E-state index contributed by atoms with van der Waals surface area (Å²) in [6, 6.07) is 26.0. The second-order valence-electron chi connectivity index (χ2n) is 5.94. The zero-order valence-corrected chi connectivity index (χ0v) is 14.5. The van der Waals surface area contributed by atoms with E-state index in [0.29, 0.717) is 10.7 Å². The summed E-state index contributed by atoms with van der Waals surface area (Å²) in [4.78, 5) is 2.66. The van der Waals surface area contributed by atoms with E-state index in [2.05, 4.69) is 83.4 Å². The molecule has 0 fully saturated rings. The highest BCUT2D eigenvalue weighted by Gasteiger charge is 2.24. The van der Waals surface area contributed by atoms with E-state index in [9.17, 15) is 0 Å². The Morgan fingerprint density at radius 3 is 1.38 bits per heavy atom. The van der Waals surface area contributed by atoms with Crippen molar-refractivity contribution in [3.8, 4) is 0 Å². The first-order valence-corrected chi connectivity index (χ1v) is 9.77. The van der Waals surface area contributed by atoms with Crippen molar-refractivity contribution in [3.63, 3.8) is 0 Å². The third-order valence-corrected chi connectivity index (χ3v) is 6.85. The molecule has 4 heteroatoms.